The van der Waals surface area contributed by atoms with E-state index in [9.17, 15) is 4.79 Å². The Kier molecular flexibility index (Phi) is 7.16. The number of nitrogens with one attached hydrogen (secondary N) is 1. The summed E-state index contributed by atoms with van der Waals surface area (Å²) < 4.78 is 4.88. The average Bonchev–Trinajstić information content (AvgIpc) is 2.30. The zero-order valence-electron chi connectivity index (χ0n) is 10.7. The molecule has 0 aromatic rings. The van der Waals surface area contributed by atoms with E-state index in [2.05, 4.69) is 10.2 Å². The minimum absolute atomic E-state index is 0.0618. The Morgan fingerprint density at radius 1 is 1.59 bits per heavy atom. The molecule has 5 heteroatoms. The lowest BCUT2D eigenvalue weighted by atomic mass is 9.95. The summed E-state index contributed by atoms with van der Waals surface area (Å²) in [4.78, 5) is 13.8. The van der Waals surface area contributed by atoms with E-state index in [1.54, 1.807) is 7.11 Å². The highest BCUT2D eigenvalue weighted by molar-refractivity contribution is 5.77. The number of ether oxygens (including phenoxy) is 1. The van der Waals surface area contributed by atoms with Crippen LogP contribution >= 0.6 is 0 Å². The first kappa shape index (κ1) is 14.4. The molecule has 1 unspecified atom stereocenters. The number of piperidine rings is 1. The van der Waals surface area contributed by atoms with Gasteiger partial charge in [0.2, 0.25) is 5.91 Å². The maximum Gasteiger partial charge on any atom is 0.234 e. The van der Waals surface area contributed by atoms with Crippen molar-refractivity contribution in [2.75, 3.05) is 46.5 Å². The quantitative estimate of drug-likeness (QED) is 0.611. The van der Waals surface area contributed by atoms with Gasteiger partial charge in [-0.25, -0.2) is 0 Å². The monoisotopic (exact) mass is 244 g/mol. The van der Waals surface area contributed by atoms with Crippen LogP contribution < -0.4 is 5.32 Å². The molecule has 0 aliphatic carbocycles. The predicted molar refractivity (Wildman–Crippen MR) is 65.8 cm³/mol. The van der Waals surface area contributed by atoms with Gasteiger partial charge in [-0.05, 0) is 31.7 Å². The Hall–Kier alpha value is -0.650. The van der Waals surface area contributed by atoms with Gasteiger partial charge in [0, 0.05) is 26.8 Å². The lowest BCUT2D eigenvalue weighted by molar-refractivity contribution is -0.122. The molecule has 1 amide bonds. The van der Waals surface area contributed by atoms with E-state index in [0.29, 0.717) is 25.6 Å². The Labute approximate surface area is 103 Å². The van der Waals surface area contributed by atoms with Crippen LogP contribution in [0.1, 0.15) is 19.3 Å². The molecule has 1 heterocycles. The summed E-state index contributed by atoms with van der Waals surface area (Å²) in [5, 5.41) is 11.7. The summed E-state index contributed by atoms with van der Waals surface area (Å²) >= 11 is 0. The number of likely N-dealkylation sites (tertiary alicyclic amines) is 1. The van der Waals surface area contributed by atoms with Crippen LogP contribution in [0.25, 0.3) is 0 Å². The average molecular weight is 244 g/mol. The second-order valence-corrected chi connectivity index (χ2v) is 4.60. The van der Waals surface area contributed by atoms with Crippen molar-refractivity contribution in [2.45, 2.75) is 19.3 Å². The lowest BCUT2D eigenvalue weighted by Crippen LogP contribution is -2.43. The first-order valence-corrected chi connectivity index (χ1v) is 6.35. The summed E-state index contributed by atoms with van der Waals surface area (Å²) in [7, 11) is 1.62. The molecule has 5 nitrogen and oxygen atoms in total. The smallest absolute Gasteiger partial charge is 0.234 e. The van der Waals surface area contributed by atoms with Crippen LogP contribution in [0.5, 0.6) is 0 Å². The number of carbonyl (C=O) groups is 1. The molecule has 0 saturated carbocycles. The lowest BCUT2D eigenvalue weighted by Gasteiger charge is -2.31. The van der Waals surface area contributed by atoms with Gasteiger partial charge in [-0.15, -0.1) is 0 Å². The Bertz CT molecular complexity index is 222. The maximum atomic E-state index is 11.6. The molecule has 0 bridgehead atoms. The number of hydrogen-bond acceptors (Lipinski definition) is 4. The van der Waals surface area contributed by atoms with Crippen molar-refractivity contribution >= 4 is 5.91 Å². The molecule has 1 aliphatic heterocycles. The Morgan fingerprint density at radius 2 is 2.41 bits per heavy atom. The van der Waals surface area contributed by atoms with Crippen LogP contribution in [-0.2, 0) is 9.53 Å². The number of rotatable bonds is 7. The van der Waals surface area contributed by atoms with Crippen LogP contribution in [0.15, 0.2) is 0 Å². The number of hydrogen-bond donors (Lipinski definition) is 2. The number of amides is 1. The molecule has 2 N–H and O–H groups in total. The molecule has 0 radical (unpaired) electrons. The van der Waals surface area contributed by atoms with Crippen LogP contribution in [0.3, 0.4) is 0 Å². The summed E-state index contributed by atoms with van der Waals surface area (Å²) in [5.74, 6) is 0.604. The summed E-state index contributed by atoms with van der Waals surface area (Å²) in [6, 6.07) is 0. The largest absolute Gasteiger partial charge is 0.396 e. The second kappa shape index (κ2) is 8.44. The molecule has 1 fully saturated rings. The number of aliphatic hydroxyl groups excluding tert-OH is 1. The van der Waals surface area contributed by atoms with Gasteiger partial charge in [-0.3, -0.25) is 9.69 Å². The Balaban J connectivity index is 2.18. The minimum Gasteiger partial charge on any atom is -0.396 e. The van der Waals surface area contributed by atoms with Crippen molar-refractivity contribution in [3.8, 4) is 0 Å². The summed E-state index contributed by atoms with van der Waals surface area (Å²) in [6.45, 7) is 3.75. The van der Waals surface area contributed by atoms with Gasteiger partial charge in [0.05, 0.1) is 13.2 Å². The Morgan fingerprint density at radius 3 is 3.12 bits per heavy atom. The molecule has 1 saturated heterocycles. The van der Waals surface area contributed by atoms with E-state index in [0.717, 1.165) is 25.9 Å². The molecule has 1 rings (SSSR count). The molecular weight excluding hydrogens is 220 g/mol. The highest BCUT2D eigenvalue weighted by Gasteiger charge is 2.20. The zero-order chi connectivity index (χ0) is 12.5. The molecule has 0 aromatic heterocycles. The van der Waals surface area contributed by atoms with Crippen molar-refractivity contribution < 1.29 is 14.6 Å². The van der Waals surface area contributed by atoms with E-state index in [-0.39, 0.29) is 12.5 Å². The van der Waals surface area contributed by atoms with Crippen LogP contribution in [-0.4, -0.2) is 62.4 Å². The molecule has 1 atom stereocenters. The maximum absolute atomic E-state index is 11.6. The third-order valence-electron chi connectivity index (χ3n) is 3.14. The first-order chi connectivity index (χ1) is 8.26. The number of methoxy groups -OCH3 is 1. The van der Waals surface area contributed by atoms with Crippen LogP contribution in [0, 0.1) is 5.92 Å². The van der Waals surface area contributed by atoms with E-state index in [4.69, 9.17) is 9.84 Å². The molecular formula is C12H24N2O3. The van der Waals surface area contributed by atoms with Gasteiger partial charge in [-0.2, -0.15) is 0 Å². The second-order valence-electron chi connectivity index (χ2n) is 4.60. The van der Waals surface area contributed by atoms with E-state index in [1.807, 2.05) is 0 Å². The van der Waals surface area contributed by atoms with Crippen molar-refractivity contribution in [3.05, 3.63) is 0 Å². The number of carbonyl (C=O) groups excluding carboxylic acids is 1. The van der Waals surface area contributed by atoms with Gasteiger partial charge < -0.3 is 15.2 Å². The topological polar surface area (TPSA) is 61.8 Å². The van der Waals surface area contributed by atoms with Crippen molar-refractivity contribution in [1.82, 2.24) is 10.2 Å². The molecule has 100 valence electrons. The van der Waals surface area contributed by atoms with Gasteiger partial charge in [0.1, 0.15) is 0 Å². The summed E-state index contributed by atoms with van der Waals surface area (Å²) in [6.07, 6.45) is 3.14. The van der Waals surface area contributed by atoms with Crippen molar-refractivity contribution in [2.24, 2.45) is 5.92 Å². The fourth-order valence-corrected chi connectivity index (χ4v) is 2.26. The molecule has 1 aliphatic rings. The van der Waals surface area contributed by atoms with Crippen molar-refractivity contribution in [1.29, 1.82) is 0 Å². The van der Waals surface area contributed by atoms with E-state index < -0.39 is 0 Å². The molecule has 0 spiro atoms. The third kappa shape index (κ3) is 6.00. The number of aliphatic hydroxyl groups is 1. The fourth-order valence-electron chi connectivity index (χ4n) is 2.26. The highest BCUT2D eigenvalue weighted by Crippen LogP contribution is 2.18. The highest BCUT2D eigenvalue weighted by atomic mass is 16.5. The third-order valence-corrected chi connectivity index (χ3v) is 3.14. The fraction of sp³-hybridized carbons (Fsp3) is 0.917. The van der Waals surface area contributed by atoms with Crippen LogP contribution in [0.4, 0.5) is 0 Å². The van der Waals surface area contributed by atoms with Gasteiger partial charge in [0.25, 0.3) is 0 Å². The van der Waals surface area contributed by atoms with E-state index in [1.165, 1.54) is 6.42 Å². The predicted octanol–water partition coefficient (Wildman–Crippen LogP) is -0.157. The summed E-state index contributed by atoms with van der Waals surface area (Å²) in [5.41, 5.74) is 0. The standard InChI is InChI=1S/C12H24N2O3/c1-17-8-5-13-12(16)10-14-6-2-3-11(9-14)4-7-15/h11,15H,2-10H2,1H3,(H,13,16). The zero-order valence-corrected chi connectivity index (χ0v) is 10.7. The molecule has 0 aromatic carbocycles. The SMILES string of the molecule is COCCNC(=O)CN1CCCC(CCO)C1. The number of nitrogens with zero attached hydrogens (tertiary/aromatic N) is 1. The minimum atomic E-state index is 0.0618. The van der Waals surface area contributed by atoms with E-state index >= 15 is 0 Å². The normalized spacial score (nSPS) is 21.4. The van der Waals surface area contributed by atoms with Crippen molar-refractivity contribution in [3.63, 3.8) is 0 Å². The van der Waals surface area contributed by atoms with Crippen LogP contribution in [0.2, 0.25) is 0 Å². The molecule has 17 heavy (non-hydrogen) atoms. The van der Waals surface area contributed by atoms with Gasteiger partial charge in [-0.1, -0.05) is 0 Å². The van der Waals surface area contributed by atoms with Gasteiger partial charge >= 0.3 is 0 Å². The first-order valence-electron chi connectivity index (χ1n) is 6.35. The van der Waals surface area contributed by atoms with Gasteiger partial charge in [0.15, 0.2) is 0 Å².